The van der Waals surface area contributed by atoms with Crippen LogP contribution >= 0.6 is 0 Å². The molecule has 4 fully saturated rings. The number of nitrogens with zero attached hydrogens (tertiary/aromatic N) is 5. The van der Waals surface area contributed by atoms with Gasteiger partial charge in [-0.1, -0.05) is 39.0 Å². The van der Waals surface area contributed by atoms with Crippen molar-refractivity contribution in [3.8, 4) is 0 Å². The number of imidazole rings is 1. The highest BCUT2D eigenvalue weighted by Gasteiger charge is 2.37. The second-order valence-electron chi connectivity index (χ2n) is 13.1. The van der Waals surface area contributed by atoms with Crippen molar-refractivity contribution in [2.24, 2.45) is 23.7 Å². The van der Waals surface area contributed by atoms with E-state index >= 15 is 0 Å². The molecule has 1 aliphatic heterocycles. The lowest BCUT2D eigenvalue weighted by atomic mass is 9.78. The first kappa shape index (κ1) is 27.3. The predicted molar refractivity (Wildman–Crippen MR) is 157 cm³/mol. The van der Waals surface area contributed by atoms with E-state index in [1.807, 2.05) is 0 Å². The standard InChI is InChI=1S/C30H46N8O2/c1-18-12-14-20(15-13-18)17-38-24-26(32-19(2)21-8-5-9-21)34-28(25(31)33-30(39)40)35-27(24)36-29(38)37-16-6-10-22-7-3-4-11-23(22)37/h18-23H,3-17H2,1-2H3,(H2,31,33)(H,39,40)(H,32,34,35)/t18?,19-,20?,22-,23+/m1/s1. The normalized spacial score (nSPS) is 28.0. The first-order valence-electron chi connectivity index (χ1n) is 15.8. The van der Waals surface area contributed by atoms with Gasteiger partial charge < -0.3 is 19.9 Å². The molecule has 10 nitrogen and oxygen atoms in total. The van der Waals surface area contributed by atoms with Crippen LogP contribution in [0.25, 0.3) is 11.2 Å². The smallest absolute Gasteiger partial charge is 0.410 e. The summed E-state index contributed by atoms with van der Waals surface area (Å²) in [5.74, 6) is 4.10. The van der Waals surface area contributed by atoms with E-state index in [1.54, 1.807) is 0 Å². The van der Waals surface area contributed by atoms with Crippen LogP contribution in [0, 0.1) is 29.1 Å². The van der Waals surface area contributed by atoms with Crippen LogP contribution in [0.3, 0.4) is 0 Å². The zero-order chi connectivity index (χ0) is 27.8. The van der Waals surface area contributed by atoms with E-state index in [0.717, 1.165) is 36.4 Å². The molecule has 0 spiro atoms. The van der Waals surface area contributed by atoms with E-state index in [4.69, 9.17) is 20.4 Å². The van der Waals surface area contributed by atoms with Crippen LogP contribution < -0.4 is 15.5 Å². The Morgan fingerprint density at radius 3 is 2.48 bits per heavy atom. The fourth-order valence-corrected chi connectivity index (χ4v) is 7.71. The number of carbonyl (C=O) groups is 1. The van der Waals surface area contributed by atoms with Crippen LogP contribution in [0.4, 0.5) is 16.6 Å². The van der Waals surface area contributed by atoms with Gasteiger partial charge in [0.2, 0.25) is 5.95 Å². The van der Waals surface area contributed by atoms with Crippen LogP contribution in [0.1, 0.15) is 103 Å². The molecule has 2 aromatic heterocycles. The van der Waals surface area contributed by atoms with Crippen molar-refractivity contribution in [1.29, 1.82) is 5.41 Å². The minimum Gasteiger partial charge on any atom is -0.465 e. The number of rotatable bonds is 7. The highest BCUT2D eigenvalue weighted by atomic mass is 16.4. The summed E-state index contributed by atoms with van der Waals surface area (Å²) in [5.41, 5.74) is 1.46. The number of piperidine rings is 1. The van der Waals surface area contributed by atoms with Crippen molar-refractivity contribution in [3.63, 3.8) is 0 Å². The summed E-state index contributed by atoms with van der Waals surface area (Å²) >= 11 is 0. The number of carboxylic acid groups (broad SMARTS) is 1. The zero-order valence-electron chi connectivity index (χ0n) is 24.2. The summed E-state index contributed by atoms with van der Waals surface area (Å²) in [5, 5.41) is 23.5. The molecule has 218 valence electrons. The van der Waals surface area contributed by atoms with Gasteiger partial charge in [-0.05, 0) is 82.0 Å². The van der Waals surface area contributed by atoms with Gasteiger partial charge in [0.25, 0.3) is 0 Å². The number of hydrogen-bond acceptors (Lipinski definition) is 7. The summed E-state index contributed by atoms with van der Waals surface area (Å²) in [6, 6.07) is 0.732. The highest BCUT2D eigenvalue weighted by Crippen LogP contribution is 2.41. The summed E-state index contributed by atoms with van der Waals surface area (Å²) < 4.78 is 2.40. The molecular formula is C30H46N8O2. The Hall–Kier alpha value is -2.91. The molecule has 3 aliphatic carbocycles. The average Bonchev–Trinajstić information content (AvgIpc) is 3.26. The molecule has 4 aliphatic rings. The van der Waals surface area contributed by atoms with Crippen molar-refractivity contribution >= 4 is 34.9 Å². The number of anilines is 2. The van der Waals surface area contributed by atoms with Crippen molar-refractivity contribution in [2.45, 2.75) is 116 Å². The van der Waals surface area contributed by atoms with Crippen molar-refractivity contribution < 1.29 is 9.90 Å². The topological polar surface area (TPSA) is 132 Å². The number of nitrogens with one attached hydrogen (secondary N) is 3. The summed E-state index contributed by atoms with van der Waals surface area (Å²) in [6.45, 7) is 6.47. The molecule has 10 heteroatoms. The average molecular weight is 551 g/mol. The molecule has 3 heterocycles. The SMILES string of the molecule is CC1CCC(Cn2c(N3CCC[C@H]4CCCC[C@@H]43)nc3nc(C(=N)NC(=O)O)nc(N[C@H](C)C4CCC4)c32)CC1. The van der Waals surface area contributed by atoms with E-state index in [-0.39, 0.29) is 17.7 Å². The number of aromatic nitrogens is 4. The van der Waals surface area contributed by atoms with Gasteiger partial charge in [0, 0.05) is 25.2 Å². The van der Waals surface area contributed by atoms with Gasteiger partial charge in [-0.15, -0.1) is 0 Å². The molecule has 1 amide bonds. The van der Waals surface area contributed by atoms with Crippen LogP contribution in [-0.2, 0) is 6.54 Å². The van der Waals surface area contributed by atoms with E-state index in [2.05, 4.69) is 33.9 Å². The van der Waals surface area contributed by atoms with Crippen LogP contribution in [0.5, 0.6) is 0 Å². The van der Waals surface area contributed by atoms with Gasteiger partial charge >= 0.3 is 6.09 Å². The lowest BCUT2D eigenvalue weighted by Gasteiger charge is -2.45. The second-order valence-corrected chi connectivity index (χ2v) is 13.1. The molecule has 0 aromatic carbocycles. The molecule has 6 rings (SSSR count). The van der Waals surface area contributed by atoms with E-state index in [9.17, 15) is 9.90 Å². The lowest BCUT2D eigenvalue weighted by Crippen LogP contribution is -2.48. The first-order chi connectivity index (χ1) is 19.4. The Kier molecular flexibility index (Phi) is 7.86. The number of fused-ring (bicyclic) bond motifs is 2. The van der Waals surface area contributed by atoms with E-state index < -0.39 is 6.09 Å². The highest BCUT2D eigenvalue weighted by molar-refractivity contribution is 6.03. The van der Waals surface area contributed by atoms with Crippen molar-refractivity contribution in [3.05, 3.63) is 5.82 Å². The number of amides is 1. The maximum absolute atomic E-state index is 11.3. The molecule has 2 aromatic rings. The first-order valence-corrected chi connectivity index (χ1v) is 15.8. The van der Waals surface area contributed by atoms with Crippen LogP contribution in [-0.4, -0.2) is 55.2 Å². The van der Waals surface area contributed by atoms with Gasteiger partial charge in [0.15, 0.2) is 23.1 Å². The van der Waals surface area contributed by atoms with Crippen LogP contribution in [0.15, 0.2) is 0 Å². The second kappa shape index (κ2) is 11.5. The minimum atomic E-state index is -1.29. The Morgan fingerprint density at radius 2 is 1.75 bits per heavy atom. The molecule has 3 atom stereocenters. The quantitative estimate of drug-likeness (QED) is 0.245. The monoisotopic (exact) mass is 550 g/mol. The Balaban J connectivity index is 1.46. The summed E-state index contributed by atoms with van der Waals surface area (Å²) in [4.78, 5) is 28.6. The van der Waals surface area contributed by atoms with Gasteiger partial charge in [-0.3, -0.25) is 10.7 Å². The van der Waals surface area contributed by atoms with E-state index in [1.165, 1.54) is 83.5 Å². The molecular weight excluding hydrogens is 504 g/mol. The number of hydrogen-bond donors (Lipinski definition) is 4. The largest absolute Gasteiger partial charge is 0.465 e. The molecule has 4 N–H and O–H groups in total. The zero-order valence-corrected chi connectivity index (χ0v) is 24.2. The Morgan fingerprint density at radius 1 is 1.00 bits per heavy atom. The van der Waals surface area contributed by atoms with Gasteiger partial charge in [-0.25, -0.2) is 14.8 Å². The molecule has 3 saturated carbocycles. The third-order valence-corrected chi connectivity index (χ3v) is 10.3. The van der Waals surface area contributed by atoms with Gasteiger partial charge in [0.1, 0.15) is 5.52 Å². The fraction of sp³-hybridized carbons (Fsp3) is 0.767. The lowest BCUT2D eigenvalue weighted by molar-refractivity contribution is 0.200. The molecule has 1 saturated heterocycles. The molecule has 0 bridgehead atoms. The summed E-state index contributed by atoms with van der Waals surface area (Å²) in [6.07, 6.45) is 14.9. The Bertz CT molecular complexity index is 1230. The predicted octanol–water partition coefficient (Wildman–Crippen LogP) is 6.01. The van der Waals surface area contributed by atoms with Crippen molar-refractivity contribution in [2.75, 3.05) is 16.8 Å². The fourth-order valence-electron chi connectivity index (χ4n) is 7.71. The number of amidine groups is 1. The van der Waals surface area contributed by atoms with Gasteiger partial charge in [-0.2, -0.15) is 4.98 Å². The van der Waals surface area contributed by atoms with Crippen molar-refractivity contribution in [1.82, 2.24) is 24.8 Å². The third-order valence-electron chi connectivity index (χ3n) is 10.3. The Labute approximate surface area is 237 Å². The maximum atomic E-state index is 11.3. The molecule has 0 unspecified atom stereocenters. The van der Waals surface area contributed by atoms with Crippen LogP contribution in [0.2, 0.25) is 0 Å². The van der Waals surface area contributed by atoms with Gasteiger partial charge in [0.05, 0.1) is 0 Å². The maximum Gasteiger partial charge on any atom is 0.410 e. The third kappa shape index (κ3) is 5.50. The summed E-state index contributed by atoms with van der Waals surface area (Å²) in [7, 11) is 0. The molecule has 40 heavy (non-hydrogen) atoms. The molecule has 0 radical (unpaired) electrons. The minimum absolute atomic E-state index is 0.0649. The van der Waals surface area contributed by atoms with E-state index in [0.29, 0.717) is 29.3 Å².